The fraction of sp³-hybridized carbons (Fsp3) is 0.278. The Morgan fingerprint density at radius 3 is 2.42 bits per heavy atom. The third-order valence-corrected chi connectivity index (χ3v) is 5.73. The Kier molecular flexibility index (Phi) is 5.11. The van der Waals surface area contributed by atoms with Crippen molar-refractivity contribution in [2.75, 3.05) is 14.2 Å². The lowest BCUT2D eigenvalue weighted by molar-refractivity contribution is -0.137. The monoisotopic (exact) mass is 392 g/mol. The Labute approximate surface area is 160 Å². The summed E-state index contributed by atoms with van der Waals surface area (Å²) in [6.07, 6.45) is 0. The van der Waals surface area contributed by atoms with E-state index >= 15 is 0 Å². The van der Waals surface area contributed by atoms with Gasteiger partial charge in [0.05, 0.1) is 31.5 Å². The van der Waals surface area contributed by atoms with Gasteiger partial charge in [-0.15, -0.1) is 0 Å². The lowest BCUT2D eigenvalue weighted by Gasteiger charge is -2.35. The van der Waals surface area contributed by atoms with E-state index in [0.29, 0.717) is 32.1 Å². The molecule has 1 aromatic rings. The Hall–Kier alpha value is -2.25. The molecule has 3 rings (SSSR count). The number of carbonyl (C=O) groups is 2. The number of hydrogen-bond acceptors (Lipinski definition) is 7. The van der Waals surface area contributed by atoms with Gasteiger partial charge in [-0.25, -0.2) is 14.6 Å². The summed E-state index contributed by atoms with van der Waals surface area (Å²) in [7, 11) is 2.66. The van der Waals surface area contributed by atoms with Crippen LogP contribution in [0.2, 0.25) is 5.02 Å². The van der Waals surface area contributed by atoms with Gasteiger partial charge in [0.1, 0.15) is 4.91 Å². The summed E-state index contributed by atoms with van der Waals surface area (Å²) in [6.45, 7) is 3.54. The molecule has 0 saturated heterocycles. The SMILES string of the molecule is COC(=O)C1=C(C)N2C(=NC(C)=C(C(=O)OC)C2c2ccccc2Cl)S1. The van der Waals surface area contributed by atoms with Crippen LogP contribution >= 0.6 is 23.4 Å². The maximum absolute atomic E-state index is 12.5. The Morgan fingerprint density at radius 2 is 1.81 bits per heavy atom. The number of esters is 2. The van der Waals surface area contributed by atoms with Crippen LogP contribution in [0.4, 0.5) is 0 Å². The molecule has 26 heavy (non-hydrogen) atoms. The number of aliphatic imine (C=N–C) groups is 1. The van der Waals surface area contributed by atoms with Crippen LogP contribution in [0, 0.1) is 0 Å². The van der Waals surface area contributed by atoms with Crippen LogP contribution in [0.1, 0.15) is 25.5 Å². The first-order valence-corrected chi connectivity index (χ1v) is 8.98. The second-order valence-electron chi connectivity index (χ2n) is 5.69. The fourth-order valence-electron chi connectivity index (χ4n) is 3.02. The van der Waals surface area contributed by atoms with Crippen molar-refractivity contribution in [3.05, 3.63) is 56.7 Å². The standard InChI is InChI=1S/C18H17ClN2O4S/c1-9-13(16(22)24-3)14(11-7-5-6-8-12(11)19)21-10(2)15(17(23)25-4)26-18(21)20-9/h5-8,14H,1-4H3. The molecule has 0 fully saturated rings. The summed E-state index contributed by atoms with van der Waals surface area (Å²) in [4.78, 5) is 31.4. The van der Waals surface area contributed by atoms with Gasteiger partial charge in [-0.05, 0) is 37.2 Å². The summed E-state index contributed by atoms with van der Waals surface area (Å²) in [6, 6.07) is 6.73. The summed E-state index contributed by atoms with van der Waals surface area (Å²) in [5.74, 6) is -0.931. The molecule has 0 spiro atoms. The second kappa shape index (κ2) is 7.17. The number of benzene rings is 1. The van der Waals surface area contributed by atoms with E-state index in [1.54, 1.807) is 19.9 Å². The fourth-order valence-corrected chi connectivity index (χ4v) is 4.38. The molecule has 1 unspecified atom stereocenters. The minimum Gasteiger partial charge on any atom is -0.466 e. The summed E-state index contributed by atoms with van der Waals surface area (Å²) >= 11 is 7.64. The minimum absolute atomic E-state index is 0.385. The lowest BCUT2D eigenvalue weighted by atomic mass is 9.94. The number of carbonyl (C=O) groups excluding carboxylic acids is 2. The Morgan fingerprint density at radius 1 is 1.15 bits per heavy atom. The van der Waals surface area contributed by atoms with Gasteiger partial charge in [-0.1, -0.05) is 29.8 Å². The molecule has 2 heterocycles. The van der Waals surface area contributed by atoms with Crippen molar-refractivity contribution < 1.29 is 19.1 Å². The van der Waals surface area contributed by atoms with Crippen molar-refractivity contribution in [1.29, 1.82) is 0 Å². The quantitative estimate of drug-likeness (QED) is 0.731. The van der Waals surface area contributed by atoms with E-state index < -0.39 is 18.0 Å². The first-order chi connectivity index (χ1) is 12.4. The number of hydrogen-bond donors (Lipinski definition) is 0. The third-order valence-electron chi connectivity index (χ3n) is 4.25. The van der Waals surface area contributed by atoms with E-state index in [0.717, 1.165) is 5.56 Å². The Balaban J connectivity index is 2.23. The van der Waals surface area contributed by atoms with Crippen LogP contribution in [0.3, 0.4) is 0 Å². The summed E-state index contributed by atoms with van der Waals surface area (Å²) in [5, 5.41) is 1.11. The minimum atomic E-state index is -0.543. The summed E-state index contributed by atoms with van der Waals surface area (Å²) < 4.78 is 9.85. The van der Waals surface area contributed by atoms with E-state index in [4.69, 9.17) is 21.1 Å². The third kappa shape index (κ3) is 2.91. The topological polar surface area (TPSA) is 68.2 Å². The van der Waals surface area contributed by atoms with Gasteiger partial charge in [0.15, 0.2) is 5.17 Å². The van der Waals surface area contributed by atoms with Gasteiger partial charge in [-0.2, -0.15) is 0 Å². The van der Waals surface area contributed by atoms with Gasteiger partial charge < -0.3 is 14.4 Å². The molecule has 0 aliphatic carbocycles. The average molecular weight is 393 g/mol. The average Bonchev–Trinajstić information content (AvgIpc) is 2.96. The maximum atomic E-state index is 12.5. The molecule has 0 N–H and O–H groups in total. The van der Waals surface area contributed by atoms with Crippen molar-refractivity contribution in [2.24, 2.45) is 4.99 Å². The molecule has 1 aromatic carbocycles. The smallest absolute Gasteiger partial charge is 0.346 e. The molecule has 0 radical (unpaired) electrons. The molecular formula is C18H17ClN2O4S. The highest BCUT2D eigenvalue weighted by molar-refractivity contribution is 8.18. The number of rotatable bonds is 3. The zero-order valence-corrected chi connectivity index (χ0v) is 16.3. The van der Waals surface area contributed by atoms with Gasteiger partial charge in [0, 0.05) is 10.7 Å². The van der Waals surface area contributed by atoms with E-state index in [1.165, 1.54) is 26.0 Å². The predicted octanol–water partition coefficient (Wildman–Crippen LogP) is 3.65. The number of methoxy groups -OCH3 is 2. The molecule has 2 aliphatic heterocycles. The first kappa shape index (κ1) is 18.5. The van der Waals surface area contributed by atoms with Crippen LogP contribution in [0.25, 0.3) is 0 Å². The molecule has 6 nitrogen and oxygen atoms in total. The van der Waals surface area contributed by atoms with Crippen LogP contribution in [-0.4, -0.2) is 36.2 Å². The summed E-state index contributed by atoms with van der Waals surface area (Å²) in [5.41, 5.74) is 2.29. The highest BCUT2D eigenvalue weighted by atomic mass is 35.5. The zero-order chi connectivity index (χ0) is 19.0. The highest BCUT2D eigenvalue weighted by Crippen LogP contribution is 2.48. The number of halogens is 1. The van der Waals surface area contributed by atoms with E-state index in [-0.39, 0.29) is 0 Å². The van der Waals surface area contributed by atoms with Crippen molar-refractivity contribution in [2.45, 2.75) is 19.9 Å². The predicted molar refractivity (Wildman–Crippen MR) is 100 cm³/mol. The van der Waals surface area contributed by atoms with E-state index in [1.807, 2.05) is 23.1 Å². The van der Waals surface area contributed by atoms with Crippen LogP contribution in [-0.2, 0) is 19.1 Å². The molecular weight excluding hydrogens is 376 g/mol. The molecule has 1 atom stereocenters. The van der Waals surface area contributed by atoms with Crippen LogP contribution in [0.5, 0.6) is 0 Å². The van der Waals surface area contributed by atoms with Crippen LogP contribution in [0.15, 0.2) is 51.1 Å². The number of thioether (sulfide) groups is 1. The number of allylic oxidation sites excluding steroid dienone is 2. The number of amidine groups is 1. The van der Waals surface area contributed by atoms with Crippen LogP contribution < -0.4 is 0 Å². The highest BCUT2D eigenvalue weighted by Gasteiger charge is 2.43. The largest absolute Gasteiger partial charge is 0.466 e. The Bertz CT molecular complexity index is 891. The first-order valence-electron chi connectivity index (χ1n) is 7.79. The van der Waals surface area contributed by atoms with Crippen molar-refractivity contribution in [3.63, 3.8) is 0 Å². The molecule has 8 heteroatoms. The van der Waals surface area contributed by atoms with Crippen molar-refractivity contribution >= 4 is 40.5 Å². The normalized spacial score (nSPS) is 19.3. The van der Waals surface area contributed by atoms with Gasteiger partial charge in [-0.3, -0.25) is 0 Å². The van der Waals surface area contributed by atoms with Crippen molar-refractivity contribution in [1.82, 2.24) is 4.90 Å². The number of nitrogens with zero attached hydrogens (tertiary/aromatic N) is 2. The molecule has 0 bridgehead atoms. The van der Waals surface area contributed by atoms with E-state index in [2.05, 4.69) is 4.99 Å². The maximum Gasteiger partial charge on any atom is 0.346 e. The zero-order valence-electron chi connectivity index (χ0n) is 14.7. The molecule has 136 valence electrons. The van der Waals surface area contributed by atoms with Gasteiger partial charge in [0.2, 0.25) is 0 Å². The van der Waals surface area contributed by atoms with E-state index in [9.17, 15) is 9.59 Å². The molecule has 0 amide bonds. The number of fused-ring (bicyclic) bond motifs is 1. The van der Waals surface area contributed by atoms with Crippen molar-refractivity contribution in [3.8, 4) is 0 Å². The van der Waals surface area contributed by atoms with Gasteiger partial charge in [0.25, 0.3) is 0 Å². The van der Waals surface area contributed by atoms with Gasteiger partial charge >= 0.3 is 11.9 Å². The molecule has 2 aliphatic rings. The molecule has 0 aromatic heterocycles. The number of ether oxygens (including phenoxy) is 2. The second-order valence-corrected chi connectivity index (χ2v) is 7.07. The molecule has 0 saturated carbocycles. The lowest BCUT2D eigenvalue weighted by Crippen LogP contribution is -2.36.